The van der Waals surface area contributed by atoms with Gasteiger partial charge in [0.25, 0.3) is 0 Å². The second-order valence-electron chi connectivity index (χ2n) is 8.45. The predicted molar refractivity (Wildman–Crippen MR) is 131 cm³/mol. The summed E-state index contributed by atoms with van der Waals surface area (Å²) in [6, 6.07) is 17.6. The Kier molecular flexibility index (Phi) is 6.37. The summed E-state index contributed by atoms with van der Waals surface area (Å²) in [5, 5.41) is 22.8. The maximum Gasteiger partial charge on any atom is 0.203 e. The van der Waals surface area contributed by atoms with Crippen molar-refractivity contribution in [3.8, 4) is 28.2 Å². The van der Waals surface area contributed by atoms with E-state index >= 15 is 0 Å². The maximum atomic E-state index is 10.8. The number of aliphatic hydroxyl groups excluding tert-OH is 1. The monoisotopic (exact) mass is 460 g/mol. The van der Waals surface area contributed by atoms with Gasteiger partial charge >= 0.3 is 0 Å². The molecule has 3 aliphatic rings. The van der Waals surface area contributed by atoms with Crippen LogP contribution in [-0.4, -0.2) is 36.5 Å². The van der Waals surface area contributed by atoms with Gasteiger partial charge in [0.05, 0.1) is 31.5 Å². The summed E-state index contributed by atoms with van der Waals surface area (Å²) in [6.45, 7) is 7.05. The van der Waals surface area contributed by atoms with E-state index in [1.165, 1.54) is 0 Å². The zero-order chi connectivity index (χ0) is 23.7. The van der Waals surface area contributed by atoms with E-state index in [4.69, 9.17) is 13.9 Å². The van der Waals surface area contributed by atoms with Crippen molar-refractivity contribution in [3.63, 3.8) is 0 Å². The van der Waals surface area contributed by atoms with Crippen LogP contribution < -0.4 is 9.93 Å². The summed E-state index contributed by atoms with van der Waals surface area (Å²) in [6.07, 6.45) is 0.107. The Balaban J connectivity index is 1.92. The molecule has 2 aromatic rings. The quantitative estimate of drug-likeness (QED) is 0.335. The molecule has 2 aromatic carbocycles. The van der Waals surface area contributed by atoms with Crippen LogP contribution in [0.5, 0.6) is 5.75 Å². The molecular weight excluding hydrogens is 430 g/mol. The van der Waals surface area contributed by atoms with Crippen LogP contribution >= 0.6 is 0 Å². The van der Waals surface area contributed by atoms with Gasteiger partial charge in [-0.05, 0) is 49.6 Å². The number of fused-ring (bicyclic) bond motifs is 2. The van der Waals surface area contributed by atoms with Gasteiger partial charge in [-0.2, -0.15) is 0 Å². The highest BCUT2D eigenvalue weighted by Gasteiger charge is 2.28. The lowest BCUT2D eigenvalue weighted by Gasteiger charge is -2.26. The Labute approximate surface area is 198 Å². The van der Waals surface area contributed by atoms with Crippen molar-refractivity contribution >= 4 is 11.0 Å². The Morgan fingerprint density at radius 2 is 1.71 bits per heavy atom. The van der Waals surface area contributed by atoms with Crippen LogP contribution in [0, 0.1) is 0 Å². The third-order valence-corrected chi connectivity index (χ3v) is 6.54. The Morgan fingerprint density at radius 1 is 0.941 bits per heavy atom. The van der Waals surface area contributed by atoms with Gasteiger partial charge in [0.1, 0.15) is 30.2 Å². The zero-order valence-corrected chi connectivity index (χ0v) is 19.6. The summed E-state index contributed by atoms with van der Waals surface area (Å²) < 4.78 is 20.5. The van der Waals surface area contributed by atoms with Crippen LogP contribution in [0.15, 0.2) is 59.0 Å². The number of aliphatic hydroxyl groups is 1. The minimum atomic E-state index is -0.703. The molecule has 0 saturated carbocycles. The van der Waals surface area contributed by atoms with Crippen molar-refractivity contribution in [2.24, 2.45) is 0 Å². The first-order valence-corrected chi connectivity index (χ1v) is 11.9. The van der Waals surface area contributed by atoms with Crippen LogP contribution in [0.25, 0.3) is 33.4 Å². The van der Waals surface area contributed by atoms with Crippen LogP contribution in [0.3, 0.4) is 0 Å². The van der Waals surface area contributed by atoms with Gasteiger partial charge in [0.15, 0.2) is 6.29 Å². The van der Waals surface area contributed by atoms with Crippen LogP contribution in [0.4, 0.5) is 0 Å². The topological polar surface area (TPSA) is 75.1 Å². The first-order chi connectivity index (χ1) is 16.7. The van der Waals surface area contributed by atoms with Gasteiger partial charge < -0.3 is 24.1 Å². The van der Waals surface area contributed by atoms with E-state index in [0.717, 1.165) is 52.5 Å². The van der Waals surface area contributed by atoms with Crippen molar-refractivity contribution in [3.05, 3.63) is 71.1 Å². The third-order valence-electron chi connectivity index (χ3n) is 6.54. The number of ether oxygens (including phenoxy) is 2. The normalized spacial score (nSPS) is 14.7. The summed E-state index contributed by atoms with van der Waals surface area (Å²) in [4.78, 5) is 0. The van der Waals surface area contributed by atoms with Gasteiger partial charge in [-0.25, -0.2) is 4.58 Å². The smallest absolute Gasteiger partial charge is 0.203 e. The predicted octanol–water partition coefficient (Wildman–Crippen LogP) is 4.65. The first kappa shape index (κ1) is 22.6. The van der Waals surface area contributed by atoms with Gasteiger partial charge in [-0.3, -0.25) is 0 Å². The lowest BCUT2D eigenvalue weighted by molar-refractivity contribution is -0.183. The molecule has 1 saturated heterocycles. The number of phenolic OH excluding ortho intramolecular Hbond substituents is 1. The van der Waals surface area contributed by atoms with E-state index in [2.05, 4.69) is 30.6 Å². The number of hydrogen-bond donors (Lipinski definition) is 2. The molecule has 0 aromatic heterocycles. The molecule has 0 radical (unpaired) electrons. The number of phenols is 1. The fourth-order valence-corrected chi connectivity index (χ4v) is 4.81. The first-order valence-electron chi connectivity index (χ1n) is 11.9. The molecular formula is C28H30NO5+. The molecule has 2 heterocycles. The number of rotatable bonds is 5. The zero-order valence-electron chi connectivity index (χ0n) is 19.6. The molecule has 6 nitrogen and oxygen atoms in total. The molecule has 0 atom stereocenters. The molecule has 0 bridgehead atoms. The minimum absolute atomic E-state index is 0.0730. The molecule has 1 aliphatic carbocycles. The summed E-state index contributed by atoms with van der Waals surface area (Å²) in [5.41, 5.74) is 4.65. The highest BCUT2D eigenvalue weighted by molar-refractivity contribution is 6.04. The SMILES string of the molecule is CC[N+](CC)=c1ccc2c(-c3ccccc3CO)c3ccc(O)c(C4OCCCO4)c3oc-2c1. The lowest BCUT2D eigenvalue weighted by Crippen LogP contribution is -2.29. The Morgan fingerprint density at radius 3 is 2.44 bits per heavy atom. The van der Waals surface area contributed by atoms with Gasteiger partial charge in [-0.15, -0.1) is 0 Å². The Hall–Kier alpha value is -3.19. The molecule has 2 aliphatic heterocycles. The summed E-state index contributed by atoms with van der Waals surface area (Å²) in [7, 11) is 0. The van der Waals surface area contributed by atoms with Crippen molar-refractivity contribution in [2.45, 2.75) is 33.2 Å². The van der Waals surface area contributed by atoms with Crippen molar-refractivity contribution < 1.29 is 24.1 Å². The number of aromatic hydroxyl groups is 1. The van der Waals surface area contributed by atoms with Crippen molar-refractivity contribution in [2.75, 3.05) is 26.3 Å². The van der Waals surface area contributed by atoms with E-state index < -0.39 is 6.29 Å². The molecule has 34 heavy (non-hydrogen) atoms. The molecule has 6 heteroatoms. The van der Waals surface area contributed by atoms with Crippen molar-refractivity contribution in [1.29, 1.82) is 0 Å². The fraction of sp³-hybridized carbons (Fsp3) is 0.321. The molecule has 5 rings (SSSR count). The average Bonchev–Trinajstić information content (AvgIpc) is 2.88. The minimum Gasteiger partial charge on any atom is -0.507 e. The second-order valence-corrected chi connectivity index (χ2v) is 8.45. The number of nitrogens with zero attached hydrogens (tertiary/aromatic N) is 1. The Bertz CT molecular complexity index is 1360. The van der Waals surface area contributed by atoms with E-state index in [0.29, 0.717) is 30.1 Å². The summed E-state index contributed by atoms with van der Waals surface area (Å²) >= 11 is 0. The molecule has 0 unspecified atom stereocenters. The molecule has 0 spiro atoms. The highest BCUT2D eigenvalue weighted by Crippen LogP contribution is 2.45. The lowest BCUT2D eigenvalue weighted by atomic mass is 9.90. The maximum absolute atomic E-state index is 10.8. The van der Waals surface area contributed by atoms with Crippen LogP contribution in [0.2, 0.25) is 0 Å². The standard InChI is InChI=1S/C28H29NO5/c1-3-29(4-2)19-10-11-21-24(16-19)34-27-22(25(21)20-9-6-5-8-18(20)17-30)12-13-23(31)26(27)28-32-14-7-15-33-28/h5-6,8-13,16,28,30H,3-4,7,14-15,17H2,1-2H3/p+1. The van der Waals surface area contributed by atoms with Gasteiger partial charge in [0, 0.05) is 22.6 Å². The largest absolute Gasteiger partial charge is 0.507 e. The molecule has 176 valence electrons. The van der Waals surface area contributed by atoms with Gasteiger partial charge in [-0.1, -0.05) is 24.3 Å². The molecule has 2 N–H and O–H groups in total. The van der Waals surface area contributed by atoms with Crippen LogP contribution in [0.1, 0.15) is 37.7 Å². The third kappa shape index (κ3) is 3.88. The molecule has 1 fully saturated rings. The average molecular weight is 461 g/mol. The van der Waals surface area contributed by atoms with E-state index in [1.54, 1.807) is 6.07 Å². The highest BCUT2D eigenvalue weighted by atomic mass is 16.7. The van der Waals surface area contributed by atoms with E-state index in [1.807, 2.05) is 36.4 Å². The summed E-state index contributed by atoms with van der Waals surface area (Å²) in [5.74, 6) is 0.770. The fourth-order valence-electron chi connectivity index (χ4n) is 4.81. The molecule has 0 amide bonds. The van der Waals surface area contributed by atoms with E-state index in [9.17, 15) is 10.2 Å². The van der Waals surface area contributed by atoms with Crippen molar-refractivity contribution in [1.82, 2.24) is 4.58 Å². The van der Waals surface area contributed by atoms with Crippen LogP contribution in [-0.2, 0) is 16.1 Å². The second kappa shape index (κ2) is 9.58. The van der Waals surface area contributed by atoms with E-state index in [-0.39, 0.29) is 12.4 Å². The van der Waals surface area contributed by atoms with Gasteiger partial charge in [0.2, 0.25) is 5.36 Å². The number of benzene rings is 3. The number of hydrogen-bond acceptors (Lipinski definition) is 5.